The van der Waals surface area contributed by atoms with Crippen LogP contribution in [0.4, 0.5) is 0 Å². The van der Waals surface area contributed by atoms with Gasteiger partial charge in [-0.3, -0.25) is 0 Å². The Morgan fingerprint density at radius 3 is 2.03 bits per heavy atom. The van der Waals surface area contributed by atoms with Crippen molar-refractivity contribution in [2.45, 2.75) is 88.4 Å². The Morgan fingerprint density at radius 1 is 0.833 bits per heavy atom. The zero-order valence-corrected chi connectivity index (χ0v) is 18.2. The van der Waals surface area contributed by atoms with Gasteiger partial charge in [0.25, 0.3) is 0 Å². The Labute approximate surface area is 181 Å². The van der Waals surface area contributed by atoms with Crippen molar-refractivity contribution in [1.82, 2.24) is 0 Å². The molecular formula is C27H36O3. The SMILES string of the molecule is C=C(c1ccc(C2CCCCCC2)cc1)C1COC2(OO1)C1CC3CC(C1)CC2C3. The summed E-state index contributed by atoms with van der Waals surface area (Å²) in [6.07, 6.45) is 14.4. The molecule has 5 saturated carbocycles. The molecule has 0 amide bonds. The molecule has 5 aliphatic carbocycles. The summed E-state index contributed by atoms with van der Waals surface area (Å²) < 4.78 is 6.52. The maximum atomic E-state index is 6.52. The quantitative estimate of drug-likeness (QED) is 0.415. The smallest absolute Gasteiger partial charge is 0.207 e. The molecule has 6 fully saturated rings. The lowest BCUT2D eigenvalue weighted by atomic mass is 9.53. The van der Waals surface area contributed by atoms with E-state index in [0.717, 1.165) is 28.9 Å². The van der Waals surface area contributed by atoms with E-state index in [-0.39, 0.29) is 6.10 Å². The van der Waals surface area contributed by atoms with E-state index in [0.29, 0.717) is 18.4 Å². The second-order valence-corrected chi connectivity index (χ2v) is 10.8. The van der Waals surface area contributed by atoms with Gasteiger partial charge in [0.1, 0.15) is 6.10 Å². The van der Waals surface area contributed by atoms with Crippen LogP contribution < -0.4 is 0 Å². The number of rotatable bonds is 3. The molecule has 1 heterocycles. The van der Waals surface area contributed by atoms with Crippen LogP contribution >= 0.6 is 0 Å². The number of hydrogen-bond donors (Lipinski definition) is 0. The van der Waals surface area contributed by atoms with E-state index in [9.17, 15) is 0 Å². The maximum Gasteiger partial charge on any atom is 0.207 e. The van der Waals surface area contributed by atoms with Gasteiger partial charge >= 0.3 is 0 Å². The number of hydrogen-bond acceptors (Lipinski definition) is 3. The first kappa shape index (κ1) is 19.5. The zero-order valence-electron chi connectivity index (χ0n) is 18.2. The molecule has 1 aromatic carbocycles. The minimum Gasteiger partial charge on any atom is -0.344 e. The summed E-state index contributed by atoms with van der Waals surface area (Å²) in [4.78, 5) is 12.2. The van der Waals surface area contributed by atoms with Crippen LogP contribution in [-0.2, 0) is 14.5 Å². The van der Waals surface area contributed by atoms with Crippen molar-refractivity contribution >= 4 is 5.57 Å². The fourth-order valence-electron chi connectivity index (χ4n) is 7.53. The molecule has 1 aliphatic heterocycles. The molecule has 1 aromatic rings. The molecule has 1 spiro atoms. The van der Waals surface area contributed by atoms with Gasteiger partial charge in [-0.25, -0.2) is 4.89 Å². The summed E-state index contributed by atoms with van der Waals surface area (Å²) in [6, 6.07) is 9.05. The van der Waals surface area contributed by atoms with Gasteiger partial charge in [0.05, 0.1) is 6.61 Å². The highest BCUT2D eigenvalue weighted by atomic mass is 17.2. The molecule has 7 rings (SSSR count). The largest absolute Gasteiger partial charge is 0.344 e. The minimum atomic E-state index is -0.479. The van der Waals surface area contributed by atoms with Gasteiger partial charge in [0.2, 0.25) is 5.79 Å². The van der Waals surface area contributed by atoms with E-state index >= 15 is 0 Å². The summed E-state index contributed by atoms with van der Waals surface area (Å²) in [6.45, 7) is 4.91. The Hall–Kier alpha value is -1.16. The Bertz CT molecular complexity index is 736. The van der Waals surface area contributed by atoms with E-state index in [1.54, 1.807) is 0 Å². The van der Waals surface area contributed by atoms with E-state index < -0.39 is 5.79 Å². The monoisotopic (exact) mass is 408 g/mol. The lowest BCUT2D eigenvalue weighted by Gasteiger charge is -2.60. The Kier molecular flexibility index (Phi) is 5.05. The van der Waals surface area contributed by atoms with Gasteiger partial charge in [-0.2, -0.15) is 4.89 Å². The minimum absolute atomic E-state index is 0.212. The number of ether oxygens (including phenoxy) is 1. The molecule has 0 N–H and O–H groups in total. The van der Waals surface area contributed by atoms with Crippen molar-refractivity contribution < 1.29 is 14.5 Å². The highest BCUT2D eigenvalue weighted by Crippen LogP contribution is 2.60. The van der Waals surface area contributed by atoms with Crippen LogP contribution in [0.5, 0.6) is 0 Å². The summed E-state index contributed by atoms with van der Waals surface area (Å²) in [7, 11) is 0. The van der Waals surface area contributed by atoms with Gasteiger partial charge in [-0.15, -0.1) is 0 Å². The van der Waals surface area contributed by atoms with E-state index in [4.69, 9.17) is 14.5 Å². The van der Waals surface area contributed by atoms with Gasteiger partial charge in [-0.1, -0.05) is 56.5 Å². The van der Waals surface area contributed by atoms with E-state index in [1.165, 1.54) is 76.2 Å². The second kappa shape index (κ2) is 7.76. The van der Waals surface area contributed by atoms with Crippen LogP contribution in [0.25, 0.3) is 5.57 Å². The van der Waals surface area contributed by atoms with Crippen LogP contribution in [-0.4, -0.2) is 18.5 Å². The molecule has 3 nitrogen and oxygen atoms in total. The average molecular weight is 409 g/mol. The average Bonchev–Trinajstić information content (AvgIpc) is 3.07. The molecular weight excluding hydrogens is 372 g/mol. The normalized spacial score (nSPS) is 41.1. The second-order valence-electron chi connectivity index (χ2n) is 10.8. The highest BCUT2D eigenvalue weighted by Gasteiger charge is 2.61. The third kappa shape index (κ3) is 3.29. The maximum absolute atomic E-state index is 6.52. The molecule has 6 aliphatic rings. The molecule has 162 valence electrons. The first-order chi connectivity index (χ1) is 14.7. The van der Waals surface area contributed by atoms with Gasteiger partial charge in [0, 0.05) is 11.8 Å². The standard InChI is InChI=1S/C27H36O3/c1-18(21-8-10-23(11-9-21)22-6-4-2-3-5-7-22)26-17-28-27(30-29-26)24-13-19-12-20(15-24)16-25(27)14-19/h8-11,19-20,22,24-26H,1-7,12-17H2. The van der Waals surface area contributed by atoms with Crippen LogP contribution in [0, 0.1) is 23.7 Å². The van der Waals surface area contributed by atoms with Crippen LogP contribution in [0.15, 0.2) is 30.8 Å². The molecule has 4 bridgehead atoms. The third-order valence-electron chi connectivity index (χ3n) is 9.03. The van der Waals surface area contributed by atoms with Crippen molar-refractivity contribution in [2.24, 2.45) is 23.7 Å². The molecule has 1 atom stereocenters. The van der Waals surface area contributed by atoms with Crippen molar-refractivity contribution in [2.75, 3.05) is 6.61 Å². The highest BCUT2D eigenvalue weighted by molar-refractivity contribution is 5.67. The first-order valence-electron chi connectivity index (χ1n) is 12.5. The molecule has 30 heavy (non-hydrogen) atoms. The van der Waals surface area contributed by atoms with Crippen molar-refractivity contribution in [3.05, 3.63) is 42.0 Å². The molecule has 1 saturated heterocycles. The summed E-state index contributed by atoms with van der Waals surface area (Å²) in [5, 5.41) is 0. The van der Waals surface area contributed by atoms with Crippen LogP contribution in [0.3, 0.4) is 0 Å². The molecule has 3 heteroatoms. The van der Waals surface area contributed by atoms with Crippen LogP contribution in [0.2, 0.25) is 0 Å². The molecule has 0 aromatic heterocycles. The van der Waals surface area contributed by atoms with Crippen molar-refractivity contribution in [1.29, 1.82) is 0 Å². The lowest BCUT2D eigenvalue weighted by Crippen LogP contribution is -2.63. The fraction of sp³-hybridized carbons (Fsp3) is 0.704. The van der Waals surface area contributed by atoms with Gasteiger partial charge < -0.3 is 4.74 Å². The Balaban J connectivity index is 1.11. The fourth-order valence-corrected chi connectivity index (χ4v) is 7.53. The lowest BCUT2D eigenvalue weighted by molar-refractivity contribution is -0.517. The van der Waals surface area contributed by atoms with Crippen LogP contribution in [0.1, 0.15) is 87.7 Å². The summed E-state index contributed by atoms with van der Waals surface area (Å²) in [5.41, 5.74) is 3.60. The third-order valence-corrected chi connectivity index (χ3v) is 9.03. The van der Waals surface area contributed by atoms with Crippen molar-refractivity contribution in [3.8, 4) is 0 Å². The van der Waals surface area contributed by atoms with Gasteiger partial charge in [0.15, 0.2) is 0 Å². The van der Waals surface area contributed by atoms with Gasteiger partial charge in [-0.05, 0) is 79.4 Å². The zero-order chi connectivity index (χ0) is 20.1. The summed E-state index contributed by atoms with van der Waals surface area (Å²) in [5.74, 6) is 3.07. The first-order valence-corrected chi connectivity index (χ1v) is 12.5. The van der Waals surface area contributed by atoms with E-state index in [1.807, 2.05) is 0 Å². The molecule has 0 radical (unpaired) electrons. The Morgan fingerprint density at radius 2 is 1.47 bits per heavy atom. The number of benzene rings is 1. The topological polar surface area (TPSA) is 27.7 Å². The van der Waals surface area contributed by atoms with Crippen molar-refractivity contribution in [3.63, 3.8) is 0 Å². The summed E-state index contributed by atoms with van der Waals surface area (Å²) >= 11 is 0. The predicted molar refractivity (Wildman–Crippen MR) is 118 cm³/mol. The van der Waals surface area contributed by atoms with E-state index in [2.05, 4.69) is 30.8 Å². The molecule has 1 unspecified atom stereocenters. The predicted octanol–water partition coefficient (Wildman–Crippen LogP) is 6.64.